The van der Waals surface area contributed by atoms with Crippen LogP contribution in [0.25, 0.3) is 0 Å². The summed E-state index contributed by atoms with van der Waals surface area (Å²) in [6.07, 6.45) is 5.21. The molecule has 26 heavy (non-hydrogen) atoms. The molecule has 0 heterocycles. The van der Waals surface area contributed by atoms with Gasteiger partial charge in [0.05, 0.1) is 5.41 Å². The molecule has 4 saturated carbocycles. The van der Waals surface area contributed by atoms with E-state index in [1.807, 2.05) is 30.3 Å². The fraction of sp³-hybridized carbons (Fsp3) is 0.545. The first-order valence-corrected chi connectivity index (χ1v) is 9.50. The molecule has 0 aromatic heterocycles. The zero-order valence-corrected chi connectivity index (χ0v) is 15.3. The summed E-state index contributed by atoms with van der Waals surface area (Å²) in [5.41, 5.74) is 0.413. The van der Waals surface area contributed by atoms with Gasteiger partial charge in [-0.3, -0.25) is 4.79 Å². The second-order valence-corrected chi connectivity index (χ2v) is 8.66. The van der Waals surface area contributed by atoms with Crippen molar-refractivity contribution in [3.8, 4) is 0 Å². The summed E-state index contributed by atoms with van der Waals surface area (Å²) in [6.45, 7) is 5.68. The molecule has 1 aromatic carbocycles. The summed E-state index contributed by atoms with van der Waals surface area (Å²) < 4.78 is 11.6. The molecule has 138 valence electrons. The van der Waals surface area contributed by atoms with Gasteiger partial charge >= 0.3 is 11.9 Å². The lowest BCUT2D eigenvalue weighted by atomic mass is 9.48. The normalized spacial score (nSPS) is 34.3. The average Bonchev–Trinajstić information content (AvgIpc) is 2.59. The van der Waals surface area contributed by atoms with Crippen LogP contribution in [0.15, 0.2) is 42.5 Å². The minimum absolute atomic E-state index is 0.119. The van der Waals surface area contributed by atoms with E-state index in [-0.39, 0.29) is 11.9 Å². The Balaban J connectivity index is 1.51. The average molecular weight is 354 g/mol. The van der Waals surface area contributed by atoms with Crippen LogP contribution in [-0.4, -0.2) is 17.5 Å². The summed E-state index contributed by atoms with van der Waals surface area (Å²) in [4.78, 5) is 25.2. The van der Waals surface area contributed by atoms with Crippen LogP contribution < -0.4 is 0 Å². The maximum atomic E-state index is 13.1. The van der Waals surface area contributed by atoms with E-state index in [1.165, 1.54) is 0 Å². The Morgan fingerprint density at radius 2 is 1.77 bits per heavy atom. The van der Waals surface area contributed by atoms with Crippen molar-refractivity contribution < 1.29 is 19.1 Å². The Morgan fingerprint density at radius 3 is 2.38 bits per heavy atom. The lowest BCUT2D eigenvalue weighted by Crippen LogP contribution is -2.60. The van der Waals surface area contributed by atoms with Gasteiger partial charge in [0, 0.05) is 12.0 Å². The van der Waals surface area contributed by atoms with Crippen molar-refractivity contribution in [3.63, 3.8) is 0 Å². The summed E-state index contributed by atoms with van der Waals surface area (Å²) in [5, 5.41) is 0. The van der Waals surface area contributed by atoms with Gasteiger partial charge in [0.1, 0.15) is 12.2 Å². The maximum Gasteiger partial charge on any atom is 0.333 e. The molecule has 1 aromatic rings. The maximum absolute atomic E-state index is 13.1. The third kappa shape index (κ3) is 3.06. The summed E-state index contributed by atoms with van der Waals surface area (Å²) in [7, 11) is 0. The molecule has 4 aliphatic rings. The van der Waals surface area contributed by atoms with Crippen LogP contribution >= 0.6 is 0 Å². The van der Waals surface area contributed by atoms with E-state index in [2.05, 4.69) is 6.58 Å². The van der Waals surface area contributed by atoms with Gasteiger partial charge in [0.15, 0.2) is 0 Å². The predicted octanol–water partition coefficient (Wildman–Crippen LogP) is 4.19. The molecule has 4 nitrogen and oxygen atoms in total. The van der Waals surface area contributed by atoms with E-state index in [1.54, 1.807) is 6.92 Å². The Bertz CT molecular complexity index is 722. The van der Waals surface area contributed by atoms with E-state index < -0.39 is 11.0 Å². The summed E-state index contributed by atoms with van der Waals surface area (Å²) in [6, 6.07) is 9.76. The van der Waals surface area contributed by atoms with Crippen molar-refractivity contribution in [1.82, 2.24) is 0 Å². The number of ether oxygens (including phenoxy) is 2. The molecule has 0 spiro atoms. The molecule has 0 N–H and O–H groups in total. The van der Waals surface area contributed by atoms with Crippen molar-refractivity contribution in [2.75, 3.05) is 0 Å². The highest BCUT2D eigenvalue weighted by Gasteiger charge is 2.63. The molecule has 0 radical (unpaired) electrons. The highest BCUT2D eigenvalue weighted by Crippen LogP contribution is 2.63. The number of carbonyl (C=O) groups is 2. The lowest BCUT2D eigenvalue weighted by Gasteiger charge is -2.59. The van der Waals surface area contributed by atoms with E-state index in [0.717, 1.165) is 37.7 Å². The Labute approximate surface area is 154 Å². The van der Waals surface area contributed by atoms with Gasteiger partial charge < -0.3 is 9.47 Å². The quantitative estimate of drug-likeness (QED) is 0.588. The minimum atomic E-state index is -0.508. The molecular weight excluding hydrogens is 328 g/mol. The minimum Gasteiger partial charge on any atom is -0.460 e. The van der Waals surface area contributed by atoms with E-state index in [4.69, 9.17) is 9.47 Å². The van der Waals surface area contributed by atoms with Gasteiger partial charge in [-0.1, -0.05) is 36.9 Å². The van der Waals surface area contributed by atoms with Crippen LogP contribution in [0.4, 0.5) is 0 Å². The summed E-state index contributed by atoms with van der Waals surface area (Å²) >= 11 is 0. The van der Waals surface area contributed by atoms with E-state index in [9.17, 15) is 9.59 Å². The number of esters is 2. The molecule has 4 fully saturated rings. The highest BCUT2D eigenvalue weighted by molar-refractivity contribution is 5.87. The van der Waals surface area contributed by atoms with Gasteiger partial charge in [-0.15, -0.1) is 0 Å². The van der Waals surface area contributed by atoms with Crippen LogP contribution in [0.3, 0.4) is 0 Å². The Morgan fingerprint density at radius 1 is 1.12 bits per heavy atom. The fourth-order valence-corrected chi connectivity index (χ4v) is 5.70. The van der Waals surface area contributed by atoms with Gasteiger partial charge in [0.25, 0.3) is 0 Å². The van der Waals surface area contributed by atoms with Gasteiger partial charge in [-0.25, -0.2) is 4.79 Å². The number of carbonyl (C=O) groups excluding carboxylic acids is 2. The van der Waals surface area contributed by atoms with Crippen molar-refractivity contribution in [2.45, 2.75) is 57.7 Å². The SMILES string of the molecule is C=C(C)C(=O)OC12CC3CC(C1)CC(C(=O)OCc1ccccc1)(C3)C2. The first kappa shape index (κ1) is 17.3. The smallest absolute Gasteiger partial charge is 0.333 e. The summed E-state index contributed by atoms with van der Waals surface area (Å²) in [5.74, 6) is 0.433. The van der Waals surface area contributed by atoms with Crippen LogP contribution in [0.1, 0.15) is 51.0 Å². The Hall–Kier alpha value is -2.10. The van der Waals surface area contributed by atoms with Crippen molar-refractivity contribution in [1.29, 1.82) is 0 Å². The zero-order chi connectivity index (χ0) is 18.4. The third-order valence-electron chi connectivity index (χ3n) is 6.31. The zero-order valence-electron chi connectivity index (χ0n) is 15.3. The fourth-order valence-electron chi connectivity index (χ4n) is 5.70. The van der Waals surface area contributed by atoms with E-state index in [0.29, 0.717) is 30.4 Å². The number of rotatable bonds is 5. The Kier molecular flexibility index (Phi) is 4.17. The number of hydrogen-bond acceptors (Lipinski definition) is 4. The molecule has 0 aliphatic heterocycles. The monoisotopic (exact) mass is 354 g/mol. The van der Waals surface area contributed by atoms with Gasteiger partial charge in [-0.05, 0) is 56.4 Å². The van der Waals surface area contributed by atoms with Crippen LogP contribution in [0.2, 0.25) is 0 Å². The molecule has 4 bridgehead atoms. The molecule has 5 rings (SSSR count). The van der Waals surface area contributed by atoms with Crippen LogP contribution in [-0.2, 0) is 25.7 Å². The number of hydrogen-bond donors (Lipinski definition) is 0. The standard InChI is InChI=1S/C22H26O4/c1-15(2)19(23)26-22-11-17-8-18(12-22)10-21(9-17,14-22)20(24)25-13-16-6-4-3-5-7-16/h3-7,17-18H,1,8-14H2,2H3. The second-order valence-electron chi connectivity index (χ2n) is 8.66. The molecule has 2 unspecified atom stereocenters. The molecular formula is C22H26O4. The lowest BCUT2D eigenvalue weighted by molar-refractivity contribution is -0.211. The largest absolute Gasteiger partial charge is 0.460 e. The van der Waals surface area contributed by atoms with Gasteiger partial charge in [-0.2, -0.15) is 0 Å². The predicted molar refractivity (Wildman–Crippen MR) is 97.0 cm³/mol. The van der Waals surface area contributed by atoms with Crippen LogP contribution in [0.5, 0.6) is 0 Å². The van der Waals surface area contributed by atoms with Crippen LogP contribution in [0, 0.1) is 17.3 Å². The molecule has 4 aliphatic carbocycles. The van der Waals surface area contributed by atoms with E-state index >= 15 is 0 Å². The second kappa shape index (κ2) is 6.26. The highest BCUT2D eigenvalue weighted by atomic mass is 16.6. The molecule has 0 saturated heterocycles. The third-order valence-corrected chi connectivity index (χ3v) is 6.31. The van der Waals surface area contributed by atoms with Gasteiger partial charge in [0.2, 0.25) is 0 Å². The number of benzene rings is 1. The molecule has 0 amide bonds. The molecule has 4 heteroatoms. The first-order valence-electron chi connectivity index (χ1n) is 9.50. The van der Waals surface area contributed by atoms with Crippen molar-refractivity contribution in [3.05, 3.63) is 48.0 Å². The topological polar surface area (TPSA) is 52.6 Å². The first-order chi connectivity index (χ1) is 12.4. The van der Waals surface area contributed by atoms with Crippen molar-refractivity contribution >= 4 is 11.9 Å². The van der Waals surface area contributed by atoms with Crippen molar-refractivity contribution in [2.24, 2.45) is 17.3 Å². The molecule has 2 atom stereocenters.